The van der Waals surface area contributed by atoms with Crippen LogP contribution in [0.3, 0.4) is 0 Å². The van der Waals surface area contributed by atoms with Gasteiger partial charge >= 0.3 is 5.97 Å². The van der Waals surface area contributed by atoms with Gasteiger partial charge in [0.2, 0.25) is 0 Å². The van der Waals surface area contributed by atoms with Crippen LogP contribution in [0.1, 0.15) is 19.3 Å². The maximum Gasteiger partial charge on any atom is 0.321 e. The zero-order valence-corrected chi connectivity index (χ0v) is 10.1. The minimum Gasteiger partial charge on any atom is -0.480 e. The molecule has 1 saturated carbocycles. The maximum atomic E-state index is 11.1. The van der Waals surface area contributed by atoms with Crippen molar-refractivity contribution in [1.82, 2.24) is 10.6 Å². The topological polar surface area (TPSA) is 61.4 Å². The number of carbonyl (C=O) groups is 1. The van der Waals surface area contributed by atoms with Gasteiger partial charge in [0.15, 0.2) is 0 Å². The molecule has 0 amide bonds. The normalized spacial score (nSPS) is 47.1. The van der Waals surface area contributed by atoms with Crippen LogP contribution < -0.4 is 10.6 Å². The molecule has 1 unspecified atom stereocenters. The van der Waals surface area contributed by atoms with Crippen LogP contribution >= 0.6 is 11.8 Å². The number of hydrogen-bond acceptors (Lipinski definition) is 4. The second kappa shape index (κ2) is 3.89. The predicted octanol–water partition coefficient (Wildman–Crippen LogP) is 0.492. The maximum absolute atomic E-state index is 11.1. The second-order valence-electron chi connectivity index (χ2n) is 5.12. The summed E-state index contributed by atoms with van der Waals surface area (Å²) in [7, 11) is 0. The van der Waals surface area contributed by atoms with E-state index in [0.717, 1.165) is 18.8 Å². The highest BCUT2D eigenvalue weighted by Crippen LogP contribution is 2.50. The molecule has 3 fully saturated rings. The average Bonchev–Trinajstić information content (AvgIpc) is 2.63. The summed E-state index contributed by atoms with van der Waals surface area (Å²) < 4.78 is 0. The first kappa shape index (κ1) is 10.9. The van der Waals surface area contributed by atoms with Crippen molar-refractivity contribution >= 4 is 17.7 Å². The molecular formula is C11H18N2O2S. The smallest absolute Gasteiger partial charge is 0.321 e. The van der Waals surface area contributed by atoms with E-state index in [9.17, 15) is 4.79 Å². The molecule has 3 N–H and O–H groups in total. The lowest BCUT2D eigenvalue weighted by Gasteiger charge is -2.51. The fraction of sp³-hybridized carbons (Fsp3) is 0.909. The van der Waals surface area contributed by atoms with Gasteiger partial charge in [0, 0.05) is 18.8 Å². The Morgan fingerprint density at radius 1 is 1.31 bits per heavy atom. The summed E-state index contributed by atoms with van der Waals surface area (Å²) in [6.45, 7) is 2.09. The van der Waals surface area contributed by atoms with Crippen molar-refractivity contribution in [2.45, 2.75) is 30.2 Å². The molecule has 90 valence electrons. The molecule has 2 heterocycles. The minimum atomic E-state index is -0.694. The number of aliphatic carboxylic acids is 1. The van der Waals surface area contributed by atoms with Gasteiger partial charge < -0.3 is 10.4 Å². The van der Waals surface area contributed by atoms with Crippen LogP contribution in [0.15, 0.2) is 0 Å². The first-order valence-corrected chi connectivity index (χ1v) is 7.06. The van der Waals surface area contributed by atoms with Gasteiger partial charge in [0.05, 0.1) is 4.87 Å². The largest absolute Gasteiger partial charge is 0.480 e. The van der Waals surface area contributed by atoms with Crippen LogP contribution in [0.4, 0.5) is 0 Å². The highest BCUT2D eigenvalue weighted by Gasteiger charge is 2.54. The van der Waals surface area contributed by atoms with Gasteiger partial charge in [-0.25, -0.2) is 0 Å². The van der Waals surface area contributed by atoms with E-state index in [-0.39, 0.29) is 10.9 Å². The standard InChI is InChI=1S/C11H18N2O2S/c14-10(15)9-6-16-11(13-9)7-2-1-3-8(11)5-12-4-7/h7-9,12-13H,1-6H2,(H,14,15)/t7-,8+,9-,11?/m0/s1. The van der Waals surface area contributed by atoms with Gasteiger partial charge in [-0.3, -0.25) is 10.1 Å². The molecule has 2 saturated heterocycles. The van der Waals surface area contributed by atoms with Crippen LogP contribution in [0.2, 0.25) is 0 Å². The minimum absolute atomic E-state index is 0.0621. The first-order valence-electron chi connectivity index (χ1n) is 6.07. The summed E-state index contributed by atoms with van der Waals surface area (Å²) in [6.07, 6.45) is 3.77. The Balaban J connectivity index is 1.84. The molecule has 2 aliphatic heterocycles. The van der Waals surface area contributed by atoms with Gasteiger partial charge in [-0.05, 0) is 24.7 Å². The predicted molar refractivity (Wildman–Crippen MR) is 63.4 cm³/mol. The molecule has 0 aromatic heterocycles. The number of carboxylic acids is 1. The highest BCUT2D eigenvalue weighted by molar-refractivity contribution is 8.01. The Morgan fingerprint density at radius 3 is 2.56 bits per heavy atom. The Kier molecular flexibility index (Phi) is 2.64. The number of nitrogens with one attached hydrogen (secondary N) is 2. The Morgan fingerprint density at radius 2 is 2.00 bits per heavy atom. The molecule has 0 aromatic rings. The lowest BCUT2D eigenvalue weighted by atomic mass is 9.73. The third-order valence-corrected chi connectivity index (χ3v) is 6.05. The Bertz CT molecular complexity index is 288. The van der Waals surface area contributed by atoms with E-state index in [4.69, 9.17) is 5.11 Å². The van der Waals surface area contributed by atoms with Gasteiger partial charge in [-0.2, -0.15) is 0 Å². The molecule has 5 heteroatoms. The fourth-order valence-corrected chi connectivity index (χ4v) is 5.26. The van der Waals surface area contributed by atoms with Crippen LogP contribution in [-0.2, 0) is 4.79 Å². The van der Waals surface area contributed by atoms with Gasteiger partial charge in [-0.15, -0.1) is 11.8 Å². The SMILES string of the molecule is O=C(O)[C@@H]1CSC2(N1)[C@@H]1CCC[C@H]2CNC1. The first-order chi connectivity index (χ1) is 7.72. The van der Waals surface area contributed by atoms with E-state index in [0.29, 0.717) is 11.8 Å². The quantitative estimate of drug-likeness (QED) is 0.625. The van der Waals surface area contributed by atoms with Gasteiger partial charge in [0.1, 0.15) is 6.04 Å². The van der Waals surface area contributed by atoms with E-state index in [2.05, 4.69) is 10.6 Å². The molecule has 0 aromatic carbocycles. The zero-order chi connectivity index (χ0) is 11.2. The van der Waals surface area contributed by atoms with Crippen molar-refractivity contribution in [1.29, 1.82) is 0 Å². The molecule has 1 aliphatic carbocycles. The van der Waals surface area contributed by atoms with Crippen molar-refractivity contribution in [2.75, 3.05) is 18.8 Å². The van der Waals surface area contributed by atoms with Crippen LogP contribution in [0.25, 0.3) is 0 Å². The van der Waals surface area contributed by atoms with Crippen molar-refractivity contribution in [2.24, 2.45) is 11.8 Å². The average molecular weight is 242 g/mol. The molecule has 4 nitrogen and oxygen atoms in total. The van der Waals surface area contributed by atoms with E-state index >= 15 is 0 Å². The van der Waals surface area contributed by atoms with E-state index < -0.39 is 5.97 Å². The van der Waals surface area contributed by atoms with Crippen molar-refractivity contribution in [3.8, 4) is 0 Å². The highest BCUT2D eigenvalue weighted by atomic mass is 32.2. The van der Waals surface area contributed by atoms with Crippen LogP contribution in [0.5, 0.6) is 0 Å². The molecule has 3 rings (SSSR count). The second-order valence-corrected chi connectivity index (χ2v) is 6.42. The zero-order valence-electron chi connectivity index (χ0n) is 9.24. The van der Waals surface area contributed by atoms with Crippen molar-refractivity contribution < 1.29 is 9.90 Å². The Hall–Kier alpha value is -0.260. The number of rotatable bonds is 1. The van der Waals surface area contributed by atoms with Crippen LogP contribution in [-0.4, -0.2) is 40.8 Å². The summed E-state index contributed by atoms with van der Waals surface area (Å²) in [4.78, 5) is 11.1. The number of thioether (sulfide) groups is 1. The van der Waals surface area contributed by atoms with E-state index in [1.807, 2.05) is 11.8 Å². The van der Waals surface area contributed by atoms with Crippen LogP contribution in [0, 0.1) is 11.8 Å². The van der Waals surface area contributed by atoms with Crippen molar-refractivity contribution in [3.05, 3.63) is 0 Å². The third kappa shape index (κ3) is 1.49. The summed E-state index contributed by atoms with van der Waals surface area (Å²) in [6, 6.07) is -0.341. The molecule has 0 radical (unpaired) electrons. The van der Waals surface area contributed by atoms with Gasteiger partial charge in [0.25, 0.3) is 0 Å². The lowest BCUT2D eigenvalue weighted by molar-refractivity contribution is -0.139. The molecule has 3 aliphatic rings. The van der Waals surface area contributed by atoms with E-state index in [1.54, 1.807) is 0 Å². The molecule has 2 bridgehead atoms. The summed E-state index contributed by atoms with van der Waals surface area (Å²) >= 11 is 1.86. The number of hydrogen-bond donors (Lipinski definition) is 3. The monoisotopic (exact) mass is 242 g/mol. The summed E-state index contributed by atoms with van der Waals surface area (Å²) in [5, 5.41) is 16.0. The fourth-order valence-electron chi connectivity index (χ4n) is 3.49. The molecule has 4 atom stereocenters. The molecule has 16 heavy (non-hydrogen) atoms. The van der Waals surface area contributed by atoms with Gasteiger partial charge in [-0.1, -0.05) is 6.42 Å². The third-order valence-electron chi connectivity index (χ3n) is 4.29. The summed E-state index contributed by atoms with van der Waals surface area (Å²) in [5.41, 5.74) is 0. The molecular weight excluding hydrogens is 224 g/mol. The van der Waals surface area contributed by atoms with Crippen molar-refractivity contribution in [3.63, 3.8) is 0 Å². The number of carboxylic acid groups (broad SMARTS) is 1. The number of piperidine rings is 1. The molecule has 1 spiro atoms. The summed E-state index contributed by atoms with van der Waals surface area (Å²) in [5.74, 6) is 1.24. The van der Waals surface area contributed by atoms with E-state index in [1.165, 1.54) is 19.3 Å². The lowest BCUT2D eigenvalue weighted by Crippen LogP contribution is -2.63. The Labute approximate surface area is 99.5 Å².